The lowest BCUT2D eigenvalue weighted by Gasteiger charge is -2.09. The summed E-state index contributed by atoms with van der Waals surface area (Å²) >= 11 is 0. The Morgan fingerprint density at radius 3 is 2.53 bits per heavy atom. The quantitative estimate of drug-likeness (QED) is 0.829. The van der Waals surface area contributed by atoms with Gasteiger partial charge in [-0.25, -0.2) is 9.97 Å². The molecule has 0 aliphatic rings. The van der Waals surface area contributed by atoms with E-state index in [0.717, 1.165) is 5.69 Å². The van der Waals surface area contributed by atoms with E-state index in [1.165, 1.54) is 18.2 Å². The van der Waals surface area contributed by atoms with Gasteiger partial charge in [0.05, 0.1) is 22.4 Å². The Labute approximate surface area is 107 Å². The Kier molecular flexibility index (Phi) is 3.42. The van der Waals surface area contributed by atoms with Crippen molar-refractivity contribution in [2.24, 2.45) is 0 Å². The van der Waals surface area contributed by atoms with Gasteiger partial charge in [-0.15, -0.1) is 13.2 Å². The molecule has 0 amide bonds. The molecule has 0 unspecified atom stereocenters. The molecule has 0 radical (unpaired) electrons. The standard InChI is InChI=1S/C13H11F3N2O/c1-3-4-10-8(2)17-11-6-5-9(7-12(11)18-10)19-13(14,15)16/h3-7H,1-2H3. The Balaban J connectivity index is 2.49. The molecule has 0 aliphatic heterocycles. The lowest BCUT2D eigenvalue weighted by Crippen LogP contribution is -2.17. The number of hydrogen-bond donors (Lipinski definition) is 0. The molecular formula is C13H11F3N2O. The summed E-state index contributed by atoms with van der Waals surface area (Å²) < 4.78 is 40.3. The highest BCUT2D eigenvalue weighted by Gasteiger charge is 2.31. The first-order chi connectivity index (χ1) is 8.89. The summed E-state index contributed by atoms with van der Waals surface area (Å²) in [5, 5.41) is 0. The van der Waals surface area contributed by atoms with Crippen molar-refractivity contribution >= 4 is 17.1 Å². The molecule has 0 bridgehead atoms. The number of ether oxygens (including phenoxy) is 1. The van der Waals surface area contributed by atoms with Crippen LogP contribution < -0.4 is 4.74 Å². The molecule has 100 valence electrons. The van der Waals surface area contributed by atoms with Crippen LogP contribution in [0.1, 0.15) is 18.3 Å². The van der Waals surface area contributed by atoms with Gasteiger partial charge in [0.2, 0.25) is 0 Å². The molecule has 2 aromatic rings. The van der Waals surface area contributed by atoms with Crippen LogP contribution in [-0.4, -0.2) is 16.3 Å². The maximum absolute atomic E-state index is 12.1. The van der Waals surface area contributed by atoms with E-state index in [4.69, 9.17) is 0 Å². The zero-order chi connectivity index (χ0) is 14.0. The second kappa shape index (κ2) is 4.87. The van der Waals surface area contributed by atoms with Gasteiger partial charge < -0.3 is 4.74 Å². The summed E-state index contributed by atoms with van der Waals surface area (Å²) in [6, 6.07) is 3.90. The minimum atomic E-state index is -4.71. The minimum absolute atomic E-state index is 0.301. The van der Waals surface area contributed by atoms with Crippen molar-refractivity contribution in [1.29, 1.82) is 0 Å². The monoisotopic (exact) mass is 268 g/mol. The van der Waals surface area contributed by atoms with Crippen LogP contribution in [0, 0.1) is 6.92 Å². The number of fused-ring (bicyclic) bond motifs is 1. The molecule has 0 atom stereocenters. The summed E-state index contributed by atoms with van der Waals surface area (Å²) in [4.78, 5) is 8.54. The highest BCUT2D eigenvalue weighted by Crippen LogP contribution is 2.25. The number of nitrogens with zero attached hydrogens (tertiary/aromatic N) is 2. The highest BCUT2D eigenvalue weighted by atomic mass is 19.4. The Bertz CT molecular complexity index is 636. The SMILES string of the molecule is CC=Cc1nc2cc(OC(F)(F)F)ccc2nc1C. The number of halogens is 3. The van der Waals surface area contributed by atoms with E-state index in [2.05, 4.69) is 14.7 Å². The summed E-state index contributed by atoms with van der Waals surface area (Å²) in [6.45, 7) is 3.62. The number of alkyl halides is 3. The van der Waals surface area contributed by atoms with Crippen molar-refractivity contribution in [1.82, 2.24) is 9.97 Å². The molecule has 19 heavy (non-hydrogen) atoms. The number of rotatable bonds is 2. The lowest BCUT2D eigenvalue weighted by atomic mass is 10.2. The zero-order valence-corrected chi connectivity index (χ0v) is 10.3. The average molecular weight is 268 g/mol. The maximum Gasteiger partial charge on any atom is 0.573 e. The predicted octanol–water partition coefficient (Wildman–Crippen LogP) is 3.87. The third-order valence-corrected chi connectivity index (χ3v) is 2.40. The first kappa shape index (κ1) is 13.3. The van der Waals surface area contributed by atoms with E-state index in [1.54, 1.807) is 19.1 Å². The fourth-order valence-electron chi connectivity index (χ4n) is 1.65. The van der Waals surface area contributed by atoms with E-state index in [0.29, 0.717) is 16.7 Å². The van der Waals surface area contributed by atoms with Crippen molar-refractivity contribution in [3.63, 3.8) is 0 Å². The Morgan fingerprint density at radius 1 is 1.16 bits per heavy atom. The van der Waals surface area contributed by atoms with Crippen LogP contribution in [0.15, 0.2) is 24.3 Å². The molecular weight excluding hydrogens is 257 g/mol. The number of allylic oxidation sites excluding steroid dienone is 1. The minimum Gasteiger partial charge on any atom is -0.406 e. The van der Waals surface area contributed by atoms with Gasteiger partial charge in [-0.05, 0) is 32.1 Å². The van der Waals surface area contributed by atoms with E-state index >= 15 is 0 Å². The maximum atomic E-state index is 12.1. The zero-order valence-electron chi connectivity index (χ0n) is 10.3. The third kappa shape index (κ3) is 3.21. The number of benzene rings is 1. The molecule has 2 rings (SSSR count). The fraction of sp³-hybridized carbons (Fsp3) is 0.231. The van der Waals surface area contributed by atoms with Gasteiger partial charge in [0.1, 0.15) is 5.75 Å². The molecule has 0 fully saturated rings. The van der Waals surface area contributed by atoms with Crippen LogP contribution in [-0.2, 0) is 0 Å². The topological polar surface area (TPSA) is 35.0 Å². The van der Waals surface area contributed by atoms with Crippen molar-refractivity contribution < 1.29 is 17.9 Å². The van der Waals surface area contributed by atoms with E-state index in [1.807, 2.05) is 6.92 Å². The molecule has 0 aliphatic carbocycles. The van der Waals surface area contributed by atoms with Crippen molar-refractivity contribution in [2.75, 3.05) is 0 Å². The average Bonchev–Trinajstić information content (AvgIpc) is 2.29. The Morgan fingerprint density at radius 2 is 1.89 bits per heavy atom. The predicted molar refractivity (Wildman–Crippen MR) is 65.7 cm³/mol. The second-order valence-corrected chi connectivity index (χ2v) is 3.89. The van der Waals surface area contributed by atoms with Crippen LogP contribution in [0.4, 0.5) is 13.2 Å². The largest absolute Gasteiger partial charge is 0.573 e. The molecule has 1 aromatic carbocycles. The van der Waals surface area contributed by atoms with Gasteiger partial charge in [-0.3, -0.25) is 0 Å². The van der Waals surface area contributed by atoms with Gasteiger partial charge in [0.25, 0.3) is 0 Å². The van der Waals surface area contributed by atoms with Crippen LogP contribution >= 0.6 is 0 Å². The van der Waals surface area contributed by atoms with Crippen LogP contribution in [0.5, 0.6) is 5.75 Å². The lowest BCUT2D eigenvalue weighted by molar-refractivity contribution is -0.274. The van der Waals surface area contributed by atoms with E-state index in [-0.39, 0.29) is 5.75 Å². The fourth-order valence-corrected chi connectivity index (χ4v) is 1.65. The summed E-state index contributed by atoms with van der Waals surface area (Å²) in [5.41, 5.74) is 2.23. The van der Waals surface area contributed by atoms with E-state index < -0.39 is 6.36 Å². The Hall–Kier alpha value is -2.11. The smallest absolute Gasteiger partial charge is 0.406 e. The highest BCUT2D eigenvalue weighted by molar-refractivity contribution is 5.77. The molecule has 1 heterocycles. The molecule has 3 nitrogen and oxygen atoms in total. The van der Waals surface area contributed by atoms with Gasteiger partial charge in [0.15, 0.2) is 0 Å². The molecule has 0 spiro atoms. The summed E-state index contributed by atoms with van der Waals surface area (Å²) in [6.07, 6.45) is -1.17. The van der Waals surface area contributed by atoms with Crippen LogP contribution in [0.25, 0.3) is 17.1 Å². The normalized spacial score (nSPS) is 12.3. The van der Waals surface area contributed by atoms with Crippen molar-refractivity contribution in [3.8, 4) is 5.75 Å². The van der Waals surface area contributed by atoms with Crippen LogP contribution in [0.2, 0.25) is 0 Å². The van der Waals surface area contributed by atoms with Gasteiger partial charge in [0, 0.05) is 6.07 Å². The van der Waals surface area contributed by atoms with Gasteiger partial charge in [-0.2, -0.15) is 0 Å². The van der Waals surface area contributed by atoms with Crippen molar-refractivity contribution in [3.05, 3.63) is 35.7 Å². The number of aryl methyl sites for hydroxylation is 1. The third-order valence-electron chi connectivity index (χ3n) is 2.40. The van der Waals surface area contributed by atoms with Gasteiger partial charge in [-0.1, -0.05) is 6.08 Å². The molecule has 1 aromatic heterocycles. The molecule has 0 N–H and O–H groups in total. The number of hydrogen-bond acceptors (Lipinski definition) is 3. The molecule has 0 saturated heterocycles. The summed E-state index contributed by atoms with van der Waals surface area (Å²) in [7, 11) is 0. The molecule has 0 saturated carbocycles. The summed E-state index contributed by atoms with van der Waals surface area (Å²) in [5.74, 6) is -0.301. The van der Waals surface area contributed by atoms with Gasteiger partial charge >= 0.3 is 6.36 Å². The molecule has 6 heteroatoms. The number of aromatic nitrogens is 2. The van der Waals surface area contributed by atoms with Crippen LogP contribution in [0.3, 0.4) is 0 Å². The first-order valence-electron chi connectivity index (χ1n) is 5.56. The first-order valence-corrected chi connectivity index (χ1v) is 5.56. The van der Waals surface area contributed by atoms with E-state index in [9.17, 15) is 13.2 Å². The van der Waals surface area contributed by atoms with Crippen molar-refractivity contribution in [2.45, 2.75) is 20.2 Å². The second-order valence-electron chi connectivity index (χ2n) is 3.89.